The highest BCUT2D eigenvalue weighted by atomic mass is 32.2. The van der Waals surface area contributed by atoms with Crippen LogP contribution >= 0.6 is 0 Å². The molecule has 0 aromatic heterocycles. The van der Waals surface area contributed by atoms with Crippen LogP contribution in [0.25, 0.3) is 0 Å². The van der Waals surface area contributed by atoms with Gasteiger partial charge in [0.1, 0.15) is 0 Å². The van der Waals surface area contributed by atoms with Crippen LogP contribution in [0, 0.1) is 11.8 Å². The van der Waals surface area contributed by atoms with Crippen molar-refractivity contribution in [3.05, 3.63) is 0 Å². The third-order valence-corrected chi connectivity index (χ3v) is 4.97. The average molecular weight is 232 g/mol. The molecule has 0 aromatic carbocycles. The van der Waals surface area contributed by atoms with E-state index in [1.54, 1.807) is 6.92 Å². The molecule has 1 aliphatic carbocycles. The van der Waals surface area contributed by atoms with Gasteiger partial charge >= 0.3 is 0 Å². The average Bonchev–Trinajstić information content (AvgIpc) is 2.81. The summed E-state index contributed by atoms with van der Waals surface area (Å²) in [5.74, 6) is -0.299. The number of sulfonamides is 1. The fraction of sp³-hybridized carbons (Fsp3) is 0.889. The highest BCUT2D eigenvalue weighted by Crippen LogP contribution is 2.28. The van der Waals surface area contributed by atoms with E-state index in [1.807, 2.05) is 0 Å². The lowest BCUT2D eigenvalue weighted by atomic mass is 9.89. The van der Waals surface area contributed by atoms with Crippen molar-refractivity contribution in [2.24, 2.45) is 11.8 Å². The predicted molar refractivity (Wildman–Crippen MR) is 55.6 cm³/mol. The van der Waals surface area contributed by atoms with E-state index in [0.29, 0.717) is 12.8 Å². The molecule has 5 nitrogen and oxygen atoms in total. The lowest BCUT2D eigenvalue weighted by Gasteiger charge is -2.31. The van der Waals surface area contributed by atoms with Crippen LogP contribution in [0.2, 0.25) is 0 Å². The topological polar surface area (TPSA) is 75.3 Å². The van der Waals surface area contributed by atoms with Gasteiger partial charge in [0, 0.05) is 5.92 Å². The Kier molecular flexibility index (Phi) is 2.72. The molecule has 0 aromatic rings. The first-order valence-electron chi connectivity index (χ1n) is 5.27. The second-order valence-corrected chi connectivity index (χ2v) is 6.38. The summed E-state index contributed by atoms with van der Waals surface area (Å²) in [6.45, 7) is 3.39. The van der Waals surface area contributed by atoms with Crippen LogP contribution in [0.4, 0.5) is 0 Å². The van der Waals surface area contributed by atoms with Crippen LogP contribution in [0.3, 0.4) is 0 Å². The Morgan fingerprint density at radius 2 is 2.00 bits per heavy atom. The van der Waals surface area contributed by atoms with Gasteiger partial charge in [0.15, 0.2) is 0 Å². The molecule has 1 saturated carbocycles. The maximum atomic E-state index is 11.6. The van der Waals surface area contributed by atoms with Gasteiger partial charge in [-0.1, -0.05) is 6.92 Å². The van der Waals surface area contributed by atoms with E-state index in [9.17, 15) is 13.2 Å². The SMILES string of the molecule is CC(C(=O)NS(=O)(=O)C1CC1)C1CNC1. The van der Waals surface area contributed by atoms with Crippen LogP contribution in [0.1, 0.15) is 19.8 Å². The third kappa shape index (κ3) is 2.31. The zero-order valence-electron chi connectivity index (χ0n) is 8.69. The molecule has 1 amide bonds. The summed E-state index contributed by atoms with van der Waals surface area (Å²) in [5, 5.41) is 2.74. The molecule has 2 fully saturated rings. The van der Waals surface area contributed by atoms with E-state index in [-0.39, 0.29) is 23.0 Å². The Hall–Kier alpha value is -0.620. The summed E-state index contributed by atoms with van der Waals surface area (Å²) in [6, 6.07) is 0. The molecule has 6 heteroatoms. The lowest BCUT2D eigenvalue weighted by molar-refractivity contribution is -0.124. The van der Waals surface area contributed by atoms with E-state index in [1.165, 1.54) is 0 Å². The van der Waals surface area contributed by atoms with Crippen molar-refractivity contribution in [3.63, 3.8) is 0 Å². The van der Waals surface area contributed by atoms with Crippen molar-refractivity contribution in [3.8, 4) is 0 Å². The van der Waals surface area contributed by atoms with Gasteiger partial charge in [0.05, 0.1) is 5.25 Å². The molecule has 86 valence electrons. The Morgan fingerprint density at radius 1 is 1.40 bits per heavy atom. The zero-order valence-corrected chi connectivity index (χ0v) is 9.51. The van der Waals surface area contributed by atoms with Gasteiger partial charge < -0.3 is 5.32 Å². The number of rotatable bonds is 4. The van der Waals surface area contributed by atoms with Crippen molar-refractivity contribution in [2.75, 3.05) is 13.1 Å². The molecule has 1 atom stereocenters. The van der Waals surface area contributed by atoms with Crippen LogP contribution in [0.5, 0.6) is 0 Å². The van der Waals surface area contributed by atoms with Gasteiger partial charge in [-0.15, -0.1) is 0 Å². The molecule has 1 saturated heterocycles. The van der Waals surface area contributed by atoms with E-state index >= 15 is 0 Å². The summed E-state index contributed by atoms with van der Waals surface area (Å²) in [5.41, 5.74) is 0. The zero-order chi connectivity index (χ0) is 11.1. The minimum atomic E-state index is -3.37. The highest BCUT2D eigenvalue weighted by molar-refractivity contribution is 7.90. The monoisotopic (exact) mass is 232 g/mol. The lowest BCUT2D eigenvalue weighted by Crippen LogP contribution is -2.50. The van der Waals surface area contributed by atoms with Gasteiger partial charge in [-0.3, -0.25) is 9.52 Å². The molecule has 2 N–H and O–H groups in total. The van der Waals surface area contributed by atoms with Gasteiger partial charge in [-0.25, -0.2) is 8.42 Å². The molecule has 2 rings (SSSR count). The minimum Gasteiger partial charge on any atom is -0.316 e. The molecular formula is C9H16N2O3S. The van der Waals surface area contributed by atoms with Crippen molar-refractivity contribution >= 4 is 15.9 Å². The Labute approximate surface area is 89.7 Å². The number of hydrogen-bond donors (Lipinski definition) is 2. The van der Waals surface area contributed by atoms with Gasteiger partial charge in [0.2, 0.25) is 15.9 Å². The molecule has 1 heterocycles. The quantitative estimate of drug-likeness (QED) is 0.682. The Balaban J connectivity index is 1.90. The van der Waals surface area contributed by atoms with E-state index < -0.39 is 10.0 Å². The second-order valence-electron chi connectivity index (χ2n) is 4.42. The highest BCUT2D eigenvalue weighted by Gasteiger charge is 2.38. The molecule has 2 aliphatic rings. The van der Waals surface area contributed by atoms with E-state index in [4.69, 9.17) is 0 Å². The first-order chi connectivity index (χ1) is 7.00. The van der Waals surface area contributed by atoms with Gasteiger partial charge in [-0.2, -0.15) is 0 Å². The summed E-state index contributed by atoms with van der Waals surface area (Å²) >= 11 is 0. The summed E-state index contributed by atoms with van der Waals surface area (Å²) in [7, 11) is -3.37. The fourth-order valence-electron chi connectivity index (χ4n) is 1.57. The molecule has 0 spiro atoms. The Morgan fingerprint density at radius 3 is 2.40 bits per heavy atom. The Bertz CT molecular complexity index is 358. The molecular weight excluding hydrogens is 216 g/mol. The van der Waals surface area contributed by atoms with Gasteiger partial charge in [-0.05, 0) is 31.8 Å². The summed E-state index contributed by atoms with van der Waals surface area (Å²) in [6.07, 6.45) is 1.37. The normalized spacial score (nSPS) is 24.3. The smallest absolute Gasteiger partial charge is 0.237 e. The van der Waals surface area contributed by atoms with Crippen molar-refractivity contribution in [1.82, 2.24) is 10.0 Å². The maximum Gasteiger partial charge on any atom is 0.237 e. The second kappa shape index (κ2) is 3.75. The largest absolute Gasteiger partial charge is 0.316 e. The maximum absolute atomic E-state index is 11.6. The number of carbonyl (C=O) groups excluding carboxylic acids is 1. The third-order valence-electron chi connectivity index (χ3n) is 3.14. The van der Waals surface area contributed by atoms with E-state index in [0.717, 1.165) is 13.1 Å². The molecule has 1 aliphatic heterocycles. The summed E-state index contributed by atoms with van der Waals surface area (Å²) < 4.78 is 25.2. The summed E-state index contributed by atoms with van der Waals surface area (Å²) in [4.78, 5) is 11.6. The first kappa shape index (κ1) is 10.9. The number of carbonyl (C=O) groups is 1. The van der Waals surface area contributed by atoms with Crippen LogP contribution in [-0.4, -0.2) is 32.7 Å². The molecule has 1 unspecified atom stereocenters. The molecule has 0 radical (unpaired) electrons. The van der Waals surface area contributed by atoms with Gasteiger partial charge in [0.25, 0.3) is 0 Å². The number of amides is 1. The van der Waals surface area contributed by atoms with Crippen molar-refractivity contribution in [2.45, 2.75) is 25.0 Å². The molecule has 0 bridgehead atoms. The predicted octanol–water partition coefficient (Wildman–Crippen LogP) is -0.550. The number of hydrogen-bond acceptors (Lipinski definition) is 4. The van der Waals surface area contributed by atoms with Crippen LogP contribution in [-0.2, 0) is 14.8 Å². The van der Waals surface area contributed by atoms with E-state index in [2.05, 4.69) is 10.0 Å². The van der Waals surface area contributed by atoms with Crippen molar-refractivity contribution < 1.29 is 13.2 Å². The van der Waals surface area contributed by atoms with Crippen molar-refractivity contribution in [1.29, 1.82) is 0 Å². The number of nitrogens with one attached hydrogen (secondary N) is 2. The fourth-order valence-corrected chi connectivity index (χ4v) is 2.96. The van der Waals surface area contributed by atoms with Crippen LogP contribution in [0.15, 0.2) is 0 Å². The standard InChI is InChI=1S/C9H16N2O3S/c1-6(7-4-10-5-7)9(12)11-15(13,14)8-2-3-8/h6-8,10H,2-5H2,1H3,(H,11,12). The first-order valence-corrected chi connectivity index (χ1v) is 6.81. The minimum absolute atomic E-state index is 0.222. The van der Waals surface area contributed by atoms with Crippen LogP contribution < -0.4 is 10.0 Å². The molecule has 15 heavy (non-hydrogen) atoms.